The molecule has 1 saturated heterocycles. The summed E-state index contributed by atoms with van der Waals surface area (Å²) in [6.45, 7) is 3.93. The topological polar surface area (TPSA) is 128 Å². The van der Waals surface area contributed by atoms with Gasteiger partial charge in [0.15, 0.2) is 0 Å². The van der Waals surface area contributed by atoms with Crippen LogP contribution in [0.2, 0.25) is 0 Å². The van der Waals surface area contributed by atoms with Gasteiger partial charge in [0.25, 0.3) is 5.91 Å². The number of halogens is 6. The summed E-state index contributed by atoms with van der Waals surface area (Å²) in [6.07, 6.45) is -10.9. The summed E-state index contributed by atoms with van der Waals surface area (Å²) in [5, 5.41) is 20.6. The van der Waals surface area contributed by atoms with Crippen molar-refractivity contribution in [3.63, 3.8) is 0 Å². The minimum Gasteiger partial charge on any atom is -0.447 e. The Bertz CT molecular complexity index is 1160. The van der Waals surface area contributed by atoms with Crippen molar-refractivity contribution in [1.82, 2.24) is 20.4 Å². The van der Waals surface area contributed by atoms with E-state index in [-0.39, 0.29) is 24.4 Å². The molecule has 18 heteroatoms. The van der Waals surface area contributed by atoms with Gasteiger partial charge in [0, 0.05) is 27.5 Å². The number of nitrogens with one attached hydrogen (secondary N) is 1. The first-order chi connectivity index (χ1) is 18.8. The molecule has 0 bridgehead atoms. The number of aliphatic hydroxyl groups is 1. The Morgan fingerprint density at radius 3 is 2.39 bits per heavy atom. The molecule has 1 unspecified atom stereocenters. The zero-order chi connectivity index (χ0) is 30.6. The molecule has 1 aromatic heterocycles. The van der Waals surface area contributed by atoms with E-state index >= 15 is 0 Å². The Kier molecular flexibility index (Phi) is 9.95. The number of alkyl halides is 6. The summed E-state index contributed by atoms with van der Waals surface area (Å²) in [4.78, 5) is 14.5. The lowest BCUT2D eigenvalue weighted by molar-refractivity contribution is -0.325. The summed E-state index contributed by atoms with van der Waals surface area (Å²) in [7, 11) is 0.393. The molecule has 3 rings (SSSR count). The van der Waals surface area contributed by atoms with Crippen molar-refractivity contribution in [3.05, 3.63) is 35.7 Å². The first-order valence-electron chi connectivity index (χ1n) is 12.3. The monoisotopic (exact) mass is 616 g/mol. The number of ether oxygens (including phenoxy) is 4. The highest BCUT2D eigenvalue weighted by Crippen LogP contribution is 2.36. The normalized spacial score (nSPS) is 21.5. The maximum Gasteiger partial charge on any atom is 0.573 e. The van der Waals surface area contributed by atoms with Crippen LogP contribution in [-0.2, 0) is 9.47 Å². The first-order valence-corrected chi connectivity index (χ1v) is 13.3. The van der Waals surface area contributed by atoms with Crippen LogP contribution in [0.4, 0.5) is 26.3 Å². The maximum atomic E-state index is 13.0. The molecule has 230 valence electrons. The van der Waals surface area contributed by atoms with Gasteiger partial charge < -0.3 is 29.1 Å². The van der Waals surface area contributed by atoms with E-state index in [4.69, 9.17) is 13.9 Å². The third kappa shape index (κ3) is 10.4. The zero-order valence-corrected chi connectivity index (χ0v) is 24.5. The quantitative estimate of drug-likeness (QED) is 0.178. The van der Waals surface area contributed by atoms with E-state index in [0.717, 1.165) is 12.1 Å². The average molecular weight is 617 g/mol. The van der Waals surface area contributed by atoms with E-state index in [1.54, 1.807) is 20.8 Å². The smallest absolute Gasteiger partial charge is 0.447 e. The largest absolute Gasteiger partial charge is 0.573 e. The number of aliphatic hydroxyl groups excluding tert-OH is 1. The Balaban J connectivity index is 1.72. The van der Waals surface area contributed by atoms with Crippen LogP contribution in [0.25, 0.3) is 0 Å². The Hall–Kier alpha value is -2.93. The second-order valence-electron chi connectivity index (χ2n) is 10.4. The summed E-state index contributed by atoms with van der Waals surface area (Å²) in [6, 6.07) is 3.73. The fraction of sp³-hybridized carbons (Fsp3) is 0.609. The molecular formula is C23H30F6N4O7Si. The van der Waals surface area contributed by atoms with E-state index in [9.17, 15) is 36.2 Å². The van der Waals surface area contributed by atoms with Gasteiger partial charge in [-0.2, -0.15) is 0 Å². The number of benzene rings is 1. The number of hydrogen-bond donors (Lipinski definition) is 2. The minimum absolute atomic E-state index is 0.00333. The summed E-state index contributed by atoms with van der Waals surface area (Å²) in [5.74, 6) is -1.01. The van der Waals surface area contributed by atoms with Crippen LogP contribution in [0.15, 0.2) is 28.7 Å². The Morgan fingerprint density at radius 2 is 1.80 bits per heavy atom. The van der Waals surface area contributed by atoms with Crippen LogP contribution < -0.4 is 14.8 Å². The molecule has 2 N–H and O–H groups in total. The molecule has 11 nitrogen and oxygen atoms in total. The highest BCUT2D eigenvalue weighted by molar-refractivity contribution is 6.17. The number of aromatic nitrogens is 2. The van der Waals surface area contributed by atoms with E-state index in [1.165, 1.54) is 17.0 Å². The molecule has 1 aromatic carbocycles. The Morgan fingerprint density at radius 1 is 1.15 bits per heavy atom. The fourth-order valence-electron chi connectivity index (χ4n) is 4.05. The number of likely N-dealkylation sites (tertiary alicyclic amines) is 1. The van der Waals surface area contributed by atoms with Crippen molar-refractivity contribution >= 4 is 16.1 Å². The van der Waals surface area contributed by atoms with Gasteiger partial charge in [-0.1, -0.05) is 5.10 Å². The fourth-order valence-corrected chi connectivity index (χ4v) is 4.93. The molecule has 2 aromatic rings. The predicted octanol–water partition coefficient (Wildman–Crippen LogP) is 2.60. The van der Waals surface area contributed by atoms with Gasteiger partial charge in [-0.15, -0.1) is 31.4 Å². The predicted molar refractivity (Wildman–Crippen MR) is 131 cm³/mol. The van der Waals surface area contributed by atoms with E-state index < -0.39 is 66.9 Å². The average Bonchev–Trinajstić information content (AvgIpc) is 3.28. The van der Waals surface area contributed by atoms with E-state index in [0.29, 0.717) is 16.7 Å². The molecule has 2 heterocycles. The molecule has 0 aliphatic carbocycles. The van der Waals surface area contributed by atoms with Crippen molar-refractivity contribution in [3.8, 4) is 11.8 Å². The number of hydrogen-bond acceptors (Lipinski definition) is 10. The second kappa shape index (κ2) is 12.5. The second-order valence-corrected chi connectivity index (χ2v) is 12.3. The number of carbonyl (C=O) groups is 1. The highest BCUT2D eigenvalue weighted by atomic mass is 28.1. The van der Waals surface area contributed by atoms with Gasteiger partial charge in [-0.05, 0) is 57.9 Å². The molecule has 1 fully saturated rings. The lowest BCUT2D eigenvalue weighted by atomic mass is 9.97. The molecule has 3 atom stereocenters. The van der Waals surface area contributed by atoms with Gasteiger partial charge in [0.2, 0.25) is 12.3 Å². The van der Waals surface area contributed by atoms with Crippen LogP contribution in [0.5, 0.6) is 11.8 Å². The van der Waals surface area contributed by atoms with Crippen LogP contribution in [0, 0.1) is 0 Å². The number of piperidine rings is 1. The molecule has 1 aliphatic rings. The standard InChI is InChI=1S/C23H30F6N4O7Si/c1-20(2,3)40-19(35)33-12-21(41,30-16(34)13-4-6-14(7-5-13)39-23(27,28)29)9-8-15(33)17-31-32-18(38-17)36-10-11-37-22(24,25)26/h4-7,15,19,35H,8-12H2,1-3,41H3,(H,30,34)/t15-,19?,21+/m1/s1. The van der Waals surface area contributed by atoms with Crippen molar-refractivity contribution in [1.29, 1.82) is 0 Å². The van der Waals surface area contributed by atoms with Gasteiger partial charge in [-0.25, -0.2) is 4.90 Å². The van der Waals surface area contributed by atoms with Crippen molar-refractivity contribution in [2.24, 2.45) is 0 Å². The van der Waals surface area contributed by atoms with Gasteiger partial charge in [0.05, 0.1) is 18.2 Å². The number of nitrogens with zero attached hydrogens (tertiary/aromatic N) is 3. The van der Waals surface area contributed by atoms with Gasteiger partial charge in [-0.3, -0.25) is 9.53 Å². The third-order valence-electron chi connectivity index (χ3n) is 5.69. The van der Waals surface area contributed by atoms with Crippen molar-refractivity contribution < 1.29 is 59.6 Å². The van der Waals surface area contributed by atoms with Gasteiger partial charge in [0.1, 0.15) is 12.4 Å². The lowest BCUT2D eigenvalue weighted by Gasteiger charge is -2.46. The first kappa shape index (κ1) is 32.6. The van der Waals surface area contributed by atoms with Crippen molar-refractivity contribution in [2.45, 2.75) is 69.6 Å². The lowest BCUT2D eigenvalue weighted by Crippen LogP contribution is -2.62. The maximum absolute atomic E-state index is 13.0. The van der Waals surface area contributed by atoms with Crippen LogP contribution in [-0.4, -0.2) is 86.0 Å². The van der Waals surface area contributed by atoms with E-state index in [1.807, 2.05) is 0 Å². The molecule has 0 saturated carbocycles. The molecule has 1 aliphatic heterocycles. The summed E-state index contributed by atoms with van der Waals surface area (Å²) >= 11 is 0. The molecular weight excluding hydrogens is 586 g/mol. The van der Waals surface area contributed by atoms with Crippen LogP contribution in [0.3, 0.4) is 0 Å². The zero-order valence-electron chi connectivity index (χ0n) is 22.5. The minimum atomic E-state index is -4.87. The SMILES string of the molecule is CC(C)(C)OC(O)N1C[C@]([SiH3])(NC(=O)c2ccc(OC(F)(F)F)cc2)CC[C@@H]1c1nnc(OCCOC(F)(F)F)o1. The Labute approximate surface area is 233 Å². The summed E-state index contributed by atoms with van der Waals surface area (Å²) < 4.78 is 97.4. The molecule has 1 amide bonds. The van der Waals surface area contributed by atoms with Crippen molar-refractivity contribution in [2.75, 3.05) is 19.8 Å². The number of amides is 1. The van der Waals surface area contributed by atoms with Crippen LogP contribution >= 0.6 is 0 Å². The van der Waals surface area contributed by atoms with Gasteiger partial charge >= 0.3 is 18.8 Å². The molecule has 0 radical (unpaired) electrons. The summed E-state index contributed by atoms with van der Waals surface area (Å²) in [5.41, 5.74) is -0.677. The molecule has 41 heavy (non-hydrogen) atoms. The van der Waals surface area contributed by atoms with Crippen LogP contribution in [0.1, 0.15) is 55.9 Å². The molecule has 0 spiro atoms. The highest BCUT2D eigenvalue weighted by Gasteiger charge is 2.44. The van der Waals surface area contributed by atoms with E-state index in [2.05, 4.69) is 25.0 Å². The number of rotatable bonds is 10. The third-order valence-corrected chi connectivity index (χ3v) is 6.76. The number of carbonyl (C=O) groups excluding carboxylic acids is 1.